The molecule has 3 aromatic rings. The Morgan fingerprint density at radius 1 is 1.06 bits per heavy atom. The molecule has 0 aromatic heterocycles. The van der Waals surface area contributed by atoms with Crippen LogP contribution in [0.3, 0.4) is 0 Å². The normalized spacial score (nSPS) is 14.8. The molecule has 1 N–H and O–H groups in total. The molecule has 31 heavy (non-hydrogen) atoms. The van der Waals surface area contributed by atoms with Gasteiger partial charge in [-0.1, -0.05) is 48.5 Å². The van der Waals surface area contributed by atoms with Gasteiger partial charge in [0.1, 0.15) is 5.75 Å². The van der Waals surface area contributed by atoms with E-state index in [1.54, 1.807) is 24.3 Å². The van der Waals surface area contributed by atoms with Crippen molar-refractivity contribution in [3.8, 4) is 22.9 Å². The average molecular weight is 491 g/mol. The number of thioether (sulfide) groups is 1. The predicted octanol–water partition coefficient (Wildman–Crippen LogP) is 5.93. The number of phenols is 1. The van der Waals surface area contributed by atoms with Crippen LogP contribution in [0.15, 0.2) is 76.1 Å². The Labute approximate surface area is 191 Å². The van der Waals surface area contributed by atoms with Gasteiger partial charge in [-0.05, 0) is 74.2 Å². The molecule has 7 heteroatoms. The van der Waals surface area contributed by atoms with Gasteiger partial charge in [0.2, 0.25) is 0 Å². The van der Waals surface area contributed by atoms with Crippen LogP contribution in [-0.4, -0.2) is 21.2 Å². The molecule has 0 radical (unpaired) electrons. The van der Waals surface area contributed by atoms with E-state index in [4.69, 9.17) is 0 Å². The summed E-state index contributed by atoms with van der Waals surface area (Å²) in [5, 5.41) is 18.6. The summed E-state index contributed by atoms with van der Waals surface area (Å²) >= 11 is 4.14. The third-order valence-electron chi connectivity index (χ3n) is 4.80. The van der Waals surface area contributed by atoms with Crippen LogP contribution in [0, 0.1) is 11.3 Å². The minimum absolute atomic E-state index is 0.103. The maximum atomic E-state index is 12.8. The van der Waals surface area contributed by atoms with Crippen molar-refractivity contribution in [2.45, 2.75) is 6.54 Å². The maximum Gasteiger partial charge on any atom is 0.293 e. The van der Waals surface area contributed by atoms with Crippen molar-refractivity contribution in [1.29, 1.82) is 5.26 Å². The summed E-state index contributed by atoms with van der Waals surface area (Å²) < 4.78 is 0.513. The highest BCUT2D eigenvalue weighted by atomic mass is 79.9. The molecule has 0 spiro atoms. The van der Waals surface area contributed by atoms with E-state index in [-0.39, 0.29) is 23.4 Å². The van der Waals surface area contributed by atoms with Crippen LogP contribution in [0.1, 0.15) is 16.7 Å². The van der Waals surface area contributed by atoms with Crippen molar-refractivity contribution in [2.24, 2.45) is 0 Å². The summed E-state index contributed by atoms with van der Waals surface area (Å²) in [5.74, 6) is -0.246. The highest BCUT2D eigenvalue weighted by molar-refractivity contribution is 9.10. The molecule has 0 saturated carbocycles. The molecule has 5 nitrogen and oxygen atoms in total. The summed E-state index contributed by atoms with van der Waals surface area (Å²) in [7, 11) is 0. The van der Waals surface area contributed by atoms with Gasteiger partial charge in [0.05, 0.1) is 27.6 Å². The van der Waals surface area contributed by atoms with Gasteiger partial charge in [-0.25, -0.2) is 0 Å². The number of aromatic hydroxyl groups is 1. The van der Waals surface area contributed by atoms with Crippen LogP contribution in [0.25, 0.3) is 17.2 Å². The molecule has 0 atom stereocenters. The van der Waals surface area contributed by atoms with Crippen LogP contribution in [0.4, 0.5) is 4.79 Å². The summed E-state index contributed by atoms with van der Waals surface area (Å²) in [6.07, 6.45) is 1.64. The zero-order chi connectivity index (χ0) is 22.0. The number of hydrogen-bond donors (Lipinski definition) is 1. The summed E-state index contributed by atoms with van der Waals surface area (Å²) in [6.45, 7) is 0.168. The molecule has 0 aliphatic carbocycles. The number of amides is 2. The smallest absolute Gasteiger partial charge is 0.293 e. The van der Waals surface area contributed by atoms with Crippen molar-refractivity contribution in [2.75, 3.05) is 0 Å². The van der Waals surface area contributed by atoms with Gasteiger partial charge in [0, 0.05) is 0 Å². The minimum atomic E-state index is -0.349. The highest BCUT2D eigenvalue weighted by Crippen LogP contribution is 2.34. The van der Waals surface area contributed by atoms with E-state index in [0.29, 0.717) is 20.5 Å². The fraction of sp³-hybridized carbons (Fsp3) is 0.0417. The molecular weight excluding hydrogens is 476 g/mol. The van der Waals surface area contributed by atoms with Crippen molar-refractivity contribution >= 4 is 44.9 Å². The zero-order valence-electron chi connectivity index (χ0n) is 16.1. The molecule has 152 valence electrons. The largest absolute Gasteiger partial charge is 0.507 e. The lowest BCUT2D eigenvalue weighted by atomic mass is 9.99. The van der Waals surface area contributed by atoms with Crippen molar-refractivity contribution in [1.82, 2.24) is 4.90 Å². The van der Waals surface area contributed by atoms with E-state index in [9.17, 15) is 20.0 Å². The van der Waals surface area contributed by atoms with Crippen LogP contribution < -0.4 is 0 Å². The van der Waals surface area contributed by atoms with Crippen molar-refractivity contribution in [3.05, 3.63) is 92.8 Å². The summed E-state index contributed by atoms with van der Waals surface area (Å²) in [4.78, 5) is 26.7. The Hall–Kier alpha value is -3.34. The number of carbonyl (C=O) groups is 2. The van der Waals surface area contributed by atoms with E-state index in [0.717, 1.165) is 28.5 Å². The summed E-state index contributed by atoms with van der Waals surface area (Å²) in [5.41, 5.74) is 3.84. The Bertz CT molecular complexity index is 1260. The van der Waals surface area contributed by atoms with Crippen molar-refractivity contribution in [3.63, 3.8) is 0 Å². The topological polar surface area (TPSA) is 81.4 Å². The first-order valence-electron chi connectivity index (χ1n) is 9.28. The fourth-order valence-electron chi connectivity index (χ4n) is 3.21. The number of nitrogens with zero attached hydrogens (tertiary/aromatic N) is 2. The predicted molar refractivity (Wildman–Crippen MR) is 124 cm³/mol. The third kappa shape index (κ3) is 4.41. The molecule has 1 heterocycles. The lowest BCUT2D eigenvalue weighted by molar-refractivity contribution is -0.123. The Kier molecular flexibility index (Phi) is 5.94. The average Bonchev–Trinajstić information content (AvgIpc) is 3.04. The van der Waals surface area contributed by atoms with E-state index in [1.165, 1.54) is 11.0 Å². The second-order valence-corrected chi connectivity index (χ2v) is 8.68. The van der Waals surface area contributed by atoms with Crippen LogP contribution in [0.5, 0.6) is 5.75 Å². The first-order valence-corrected chi connectivity index (χ1v) is 10.9. The van der Waals surface area contributed by atoms with Crippen molar-refractivity contribution < 1.29 is 14.7 Å². The molecule has 0 bridgehead atoms. The van der Waals surface area contributed by atoms with Gasteiger partial charge in [-0.3, -0.25) is 14.5 Å². The monoisotopic (exact) mass is 490 g/mol. The standard InChI is InChI=1S/C24H15BrN2O3S/c25-20-11-16(7-10-21(20)28)12-22-23(29)27(24(30)31-22)14-15-5-8-17(9-6-15)19-4-2-1-3-18(19)13-26/h1-12,28H,14H2/b22-12+. The quantitative estimate of drug-likeness (QED) is 0.458. The maximum absolute atomic E-state index is 12.8. The number of halogens is 1. The van der Waals surface area contributed by atoms with E-state index in [2.05, 4.69) is 22.0 Å². The Morgan fingerprint density at radius 2 is 1.81 bits per heavy atom. The minimum Gasteiger partial charge on any atom is -0.507 e. The number of benzene rings is 3. The van der Waals surface area contributed by atoms with Gasteiger partial charge < -0.3 is 5.11 Å². The van der Waals surface area contributed by atoms with E-state index >= 15 is 0 Å². The van der Waals surface area contributed by atoms with Crippen LogP contribution in [0.2, 0.25) is 0 Å². The number of hydrogen-bond acceptors (Lipinski definition) is 5. The molecule has 2 amide bonds. The van der Waals surface area contributed by atoms with Gasteiger partial charge in [0.25, 0.3) is 11.1 Å². The molecule has 3 aromatic carbocycles. The summed E-state index contributed by atoms with van der Waals surface area (Å²) in [6, 6.07) is 21.9. The van der Waals surface area contributed by atoms with Gasteiger partial charge in [-0.2, -0.15) is 5.26 Å². The highest BCUT2D eigenvalue weighted by Gasteiger charge is 2.35. The third-order valence-corrected chi connectivity index (χ3v) is 6.34. The molecule has 1 aliphatic rings. The van der Waals surface area contributed by atoms with Crippen LogP contribution >= 0.6 is 27.7 Å². The van der Waals surface area contributed by atoms with Gasteiger partial charge in [-0.15, -0.1) is 0 Å². The Morgan fingerprint density at radius 3 is 2.52 bits per heavy atom. The first kappa shape index (κ1) is 20.9. The number of rotatable bonds is 4. The van der Waals surface area contributed by atoms with Crippen LogP contribution in [-0.2, 0) is 11.3 Å². The zero-order valence-corrected chi connectivity index (χ0v) is 18.5. The molecule has 4 rings (SSSR count). The molecular formula is C24H15BrN2O3S. The lowest BCUT2D eigenvalue weighted by Crippen LogP contribution is -2.27. The molecule has 1 aliphatic heterocycles. The second kappa shape index (κ2) is 8.80. The van der Waals surface area contributed by atoms with E-state index < -0.39 is 0 Å². The van der Waals surface area contributed by atoms with E-state index in [1.807, 2.05) is 42.5 Å². The van der Waals surface area contributed by atoms with Gasteiger partial charge in [0.15, 0.2) is 0 Å². The molecule has 0 unspecified atom stereocenters. The Balaban J connectivity index is 1.52. The number of imide groups is 1. The lowest BCUT2D eigenvalue weighted by Gasteiger charge is -2.13. The number of nitriles is 1. The number of phenolic OH excluding ortho intramolecular Hbond substituents is 1. The molecule has 1 saturated heterocycles. The fourth-order valence-corrected chi connectivity index (χ4v) is 4.44. The SMILES string of the molecule is N#Cc1ccccc1-c1ccc(CN2C(=O)S/C(=C/c3ccc(O)c(Br)c3)C2=O)cc1. The number of carbonyl (C=O) groups excluding carboxylic acids is 2. The van der Waals surface area contributed by atoms with Gasteiger partial charge >= 0.3 is 0 Å². The molecule has 1 fully saturated rings. The first-order chi connectivity index (χ1) is 15.0. The second-order valence-electron chi connectivity index (χ2n) is 6.83.